The number of benzene rings is 1. The van der Waals surface area contributed by atoms with Crippen molar-refractivity contribution in [2.45, 2.75) is 0 Å². The number of hydrogen-bond donors (Lipinski definition) is 1. The normalized spacial score (nSPS) is 10.2. The highest BCUT2D eigenvalue weighted by Crippen LogP contribution is 2.26. The number of carbonyl (C=O) groups excluding carboxylic acids is 1. The van der Waals surface area contributed by atoms with Gasteiger partial charge in [0, 0.05) is 0 Å². The van der Waals surface area contributed by atoms with Crippen LogP contribution in [0.2, 0.25) is 0 Å². The summed E-state index contributed by atoms with van der Waals surface area (Å²) in [7, 11) is 0. The largest absolute Gasteiger partial charge is 0.490 e. The number of primary amides is 1. The van der Waals surface area contributed by atoms with Crippen LogP contribution in [0.4, 0.5) is 0 Å². The molecule has 0 aliphatic heterocycles. The van der Waals surface area contributed by atoms with Crippen molar-refractivity contribution in [2.75, 3.05) is 6.61 Å². The minimum Gasteiger partial charge on any atom is -0.490 e. The van der Waals surface area contributed by atoms with Crippen molar-refractivity contribution in [1.82, 2.24) is 4.98 Å². The monoisotopic (exact) mass is 234 g/mol. The van der Waals surface area contributed by atoms with Crippen molar-refractivity contribution in [2.24, 2.45) is 5.73 Å². The lowest BCUT2D eigenvalue weighted by atomic mass is 10.3. The van der Waals surface area contributed by atoms with Gasteiger partial charge in [-0.25, -0.2) is 4.98 Å². The summed E-state index contributed by atoms with van der Waals surface area (Å²) in [5.74, 6) is 0.224. The Morgan fingerprint density at radius 3 is 3.12 bits per heavy atom. The van der Waals surface area contributed by atoms with Crippen molar-refractivity contribution in [1.29, 1.82) is 0 Å². The van der Waals surface area contributed by atoms with Gasteiger partial charge in [0.15, 0.2) is 5.01 Å². The lowest BCUT2D eigenvalue weighted by Gasteiger charge is -2.01. The number of rotatable bonds is 4. The second-order valence-corrected chi connectivity index (χ2v) is 4.14. The van der Waals surface area contributed by atoms with Crippen molar-refractivity contribution >= 4 is 27.5 Å². The molecule has 0 fully saturated rings. The predicted octanol–water partition coefficient (Wildman–Crippen LogP) is 1.96. The number of hydrogen-bond acceptors (Lipinski definition) is 4. The molecular formula is C11H10N2O2S. The van der Waals surface area contributed by atoms with Crippen LogP contribution >= 0.6 is 11.3 Å². The zero-order valence-corrected chi connectivity index (χ0v) is 9.29. The molecule has 1 amide bonds. The SMILES string of the molecule is C=CCOc1ccc2nc(C(N)=O)sc2c1. The van der Waals surface area contributed by atoms with E-state index < -0.39 is 5.91 Å². The number of nitrogens with two attached hydrogens (primary N) is 1. The van der Waals surface area contributed by atoms with Crippen molar-refractivity contribution < 1.29 is 9.53 Å². The van der Waals surface area contributed by atoms with E-state index in [1.807, 2.05) is 6.07 Å². The summed E-state index contributed by atoms with van der Waals surface area (Å²) in [5.41, 5.74) is 5.91. The Kier molecular flexibility index (Phi) is 2.87. The van der Waals surface area contributed by atoms with Gasteiger partial charge in [-0.3, -0.25) is 4.79 Å². The molecule has 0 atom stereocenters. The number of amides is 1. The van der Waals surface area contributed by atoms with Crippen LogP contribution in [0.1, 0.15) is 9.80 Å². The molecule has 1 aromatic heterocycles. The van der Waals surface area contributed by atoms with E-state index in [1.165, 1.54) is 11.3 Å². The topological polar surface area (TPSA) is 65.2 Å². The second-order valence-electron chi connectivity index (χ2n) is 3.11. The molecule has 0 spiro atoms. The number of nitrogens with zero attached hydrogens (tertiary/aromatic N) is 1. The lowest BCUT2D eigenvalue weighted by Crippen LogP contribution is -2.09. The second kappa shape index (κ2) is 4.32. The van der Waals surface area contributed by atoms with Gasteiger partial charge >= 0.3 is 0 Å². The molecule has 0 bridgehead atoms. The molecule has 1 heterocycles. The first-order valence-corrected chi connectivity index (χ1v) is 5.46. The molecule has 82 valence electrons. The van der Waals surface area contributed by atoms with Gasteiger partial charge < -0.3 is 10.5 Å². The van der Waals surface area contributed by atoms with E-state index in [4.69, 9.17) is 10.5 Å². The van der Waals surface area contributed by atoms with Crippen LogP contribution < -0.4 is 10.5 Å². The Bertz CT molecular complexity index is 548. The van der Waals surface area contributed by atoms with Crippen LogP contribution in [0.25, 0.3) is 10.2 Å². The van der Waals surface area contributed by atoms with Gasteiger partial charge in [-0.1, -0.05) is 12.7 Å². The smallest absolute Gasteiger partial charge is 0.277 e. The summed E-state index contributed by atoms with van der Waals surface area (Å²) >= 11 is 1.26. The third kappa shape index (κ3) is 2.04. The molecule has 0 saturated heterocycles. The standard InChI is InChI=1S/C11H10N2O2S/c1-2-5-15-7-3-4-8-9(6-7)16-11(13-8)10(12)14/h2-4,6H,1,5H2,(H2,12,14). The molecule has 0 radical (unpaired) electrons. The van der Waals surface area contributed by atoms with E-state index in [0.717, 1.165) is 16.0 Å². The van der Waals surface area contributed by atoms with Crippen molar-refractivity contribution in [3.8, 4) is 5.75 Å². The maximum atomic E-state index is 11.0. The van der Waals surface area contributed by atoms with Crippen molar-refractivity contribution in [3.05, 3.63) is 35.9 Å². The molecule has 1 aromatic carbocycles. The lowest BCUT2D eigenvalue weighted by molar-refractivity contribution is 0.1000. The average molecular weight is 234 g/mol. The maximum Gasteiger partial charge on any atom is 0.277 e. The Balaban J connectivity index is 2.37. The predicted molar refractivity (Wildman–Crippen MR) is 63.8 cm³/mol. The molecular weight excluding hydrogens is 224 g/mol. The highest BCUT2D eigenvalue weighted by atomic mass is 32.1. The molecule has 2 rings (SSSR count). The van der Waals surface area contributed by atoms with Crippen LogP contribution in [0.5, 0.6) is 5.75 Å². The summed E-state index contributed by atoms with van der Waals surface area (Å²) in [4.78, 5) is 15.1. The van der Waals surface area contributed by atoms with Gasteiger partial charge in [0.2, 0.25) is 0 Å². The molecule has 16 heavy (non-hydrogen) atoms. The van der Waals surface area contributed by atoms with E-state index in [-0.39, 0.29) is 0 Å². The van der Waals surface area contributed by atoms with Gasteiger partial charge in [-0.05, 0) is 18.2 Å². The van der Waals surface area contributed by atoms with Crippen LogP contribution in [-0.4, -0.2) is 17.5 Å². The fraction of sp³-hybridized carbons (Fsp3) is 0.0909. The highest BCUT2D eigenvalue weighted by molar-refractivity contribution is 7.20. The maximum absolute atomic E-state index is 11.0. The molecule has 0 aliphatic carbocycles. The van der Waals surface area contributed by atoms with E-state index in [0.29, 0.717) is 11.6 Å². The number of fused-ring (bicyclic) bond motifs is 1. The minimum absolute atomic E-state index is 0.316. The third-order valence-electron chi connectivity index (χ3n) is 1.94. The summed E-state index contributed by atoms with van der Waals surface area (Å²) in [6.07, 6.45) is 1.67. The summed E-state index contributed by atoms with van der Waals surface area (Å²) in [5, 5.41) is 0.316. The Morgan fingerprint density at radius 1 is 1.62 bits per heavy atom. The molecule has 2 aromatic rings. The first-order chi connectivity index (χ1) is 7.70. The molecule has 0 saturated carbocycles. The van der Waals surface area contributed by atoms with Gasteiger partial charge in [-0.2, -0.15) is 0 Å². The molecule has 2 N–H and O–H groups in total. The number of ether oxygens (including phenoxy) is 1. The number of carbonyl (C=O) groups is 1. The van der Waals surface area contributed by atoms with Gasteiger partial charge in [0.1, 0.15) is 12.4 Å². The average Bonchev–Trinajstić information content (AvgIpc) is 2.69. The van der Waals surface area contributed by atoms with Crippen LogP contribution in [0.3, 0.4) is 0 Å². The first kappa shape index (κ1) is 10.6. The fourth-order valence-electron chi connectivity index (χ4n) is 1.26. The van der Waals surface area contributed by atoms with E-state index in [9.17, 15) is 4.79 Å². The molecule has 0 unspecified atom stereocenters. The van der Waals surface area contributed by atoms with E-state index in [1.54, 1.807) is 18.2 Å². The third-order valence-corrected chi connectivity index (χ3v) is 2.97. The Hall–Kier alpha value is -1.88. The molecule has 5 heteroatoms. The zero-order valence-electron chi connectivity index (χ0n) is 8.47. The summed E-state index contributed by atoms with van der Waals surface area (Å²) in [6, 6.07) is 5.44. The zero-order chi connectivity index (χ0) is 11.5. The van der Waals surface area contributed by atoms with Crippen LogP contribution in [-0.2, 0) is 0 Å². The van der Waals surface area contributed by atoms with E-state index >= 15 is 0 Å². The Morgan fingerprint density at radius 2 is 2.44 bits per heavy atom. The summed E-state index contributed by atoms with van der Waals surface area (Å²) < 4.78 is 6.26. The van der Waals surface area contributed by atoms with Gasteiger partial charge in [0.25, 0.3) is 5.91 Å². The first-order valence-electron chi connectivity index (χ1n) is 4.65. The van der Waals surface area contributed by atoms with Crippen LogP contribution in [0, 0.1) is 0 Å². The van der Waals surface area contributed by atoms with Crippen molar-refractivity contribution in [3.63, 3.8) is 0 Å². The minimum atomic E-state index is -0.505. The molecule has 4 nitrogen and oxygen atoms in total. The number of aromatic nitrogens is 1. The highest BCUT2D eigenvalue weighted by Gasteiger charge is 2.08. The van der Waals surface area contributed by atoms with E-state index in [2.05, 4.69) is 11.6 Å². The van der Waals surface area contributed by atoms with Gasteiger partial charge in [-0.15, -0.1) is 11.3 Å². The quantitative estimate of drug-likeness (QED) is 0.822. The van der Waals surface area contributed by atoms with Gasteiger partial charge in [0.05, 0.1) is 10.2 Å². The fourth-order valence-corrected chi connectivity index (χ4v) is 2.10. The van der Waals surface area contributed by atoms with Crippen LogP contribution in [0.15, 0.2) is 30.9 Å². The number of thiazole rings is 1. The Labute approximate surface area is 96.4 Å². The summed E-state index contributed by atoms with van der Waals surface area (Å²) in [6.45, 7) is 4.02. The molecule has 0 aliphatic rings.